The normalized spacial score (nSPS) is 29.4. The van der Waals surface area contributed by atoms with Crippen LogP contribution in [0, 0.1) is 40.4 Å². The van der Waals surface area contributed by atoms with Gasteiger partial charge in [-0.05, 0) is 156 Å². The van der Waals surface area contributed by atoms with E-state index in [1.807, 2.05) is 0 Å². The third-order valence-corrected chi connectivity index (χ3v) is 17.0. The molecule has 5 rings (SSSR count). The number of nitrogens with zero attached hydrogens (tertiary/aromatic N) is 1. The Balaban J connectivity index is 0.919. The Morgan fingerprint density at radius 1 is 0.790 bits per heavy atom. The van der Waals surface area contributed by atoms with E-state index in [0.29, 0.717) is 24.0 Å². The Morgan fingerprint density at radius 3 is 2.26 bits per heavy atom. The lowest BCUT2D eigenvalue weighted by molar-refractivity contribution is -0.154. The highest BCUT2D eigenvalue weighted by molar-refractivity contribution is 5.70. The number of hydrogen-bond donors (Lipinski definition) is 0. The number of rotatable bonds is 32. The monoisotopic (exact) mass is 866 g/mol. The molecule has 6 nitrogen and oxygen atoms in total. The predicted octanol–water partition coefficient (Wildman–Crippen LogP) is 14.6. The predicted molar refractivity (Wildman–Crippen MR) is 259 cm³/mol. The summed E-state index contributed by atoms with van der Waals surface area (Å²) in [6, 6.07) is 0. The molecule has 1 aliphatic heterocycles. The standard InChI is InChI=1S/C56H99NO5/c1-6-7-8-9-10-11-12-13-14-15-16-17-18-19-20-26-39-59-44-50(43-57-37-24-21-25-38-57)60-40-41-61-54(58)45-62-49-33-35-56(5)48(42-49)29-31-51-52-32-30-47(28-23-22-27-46(2)3)55(52,4)36-34-53(51)56/h13-14,29,46-47,49-53H,6-12,15-28,30-45H2,1-5H3/b14-13-. The first-order chi connectivity index (χ1) is 30.2. The highest BCUT2D eigenvalue weighted by Gasteiger charge is 2.58. The number of fused-ring (bicyclic) bond motifs is 5. The molecule has 1 heterocycles. The van der Waals surface area contributed by atoms with Crippen molar-refractivity contribution < 1.29 is 23.7 Å². The highest BCUT2D eigenvalue weighted by atomic mass is 16.6. The van der Waals surface area contributed by atoms with Crippen LogP contribution < -0.4 is 0 Å². The zero-order chi connectivity index (χ0) is 43.9. The van der Waals surface area contributed by atoms with Gasteiger partial charge in [0.05, 0.1) is 25.4 Å². The van der Waals surface area contributed by atoms with E-state index in [2.05, 4.69) is 57.7 Å². The number of likely N-dealkylation sites (tertiary alicyclic amines) is 1. The van der Waals surface area contributed by atoms with Gasteiger partial charge in [-0.3, -0.25) is 0 Å². The second kappa shape index (κ2) is 28.7. The lowest BCUT2D eigenvalue weighted by Gasteiger charge is -2.58. The fourth-order valence-corrected chi connectivity index (χ4v) is 13.1. The minimum absolute atomic E-state index is 0.00430. The van der Waals surface area contributed by atoms with Crippen molar-refractivity contribution in [3.8, 4) is 0 Å². The molecule has 0 aromatic rings. The van der Waals surface area contributed by atoms with E-state index in [1.54, 1.807) is 5.57 Å². The van der Waals surface area contributed by atoms with E-state index in [0.717, 1.165) is 75.1 Å². The van der Waals surface area contributed by atoms with Crippen molar-refractivity contribution in [1.29, 1.82) is 0 Å². The number of esters is 1. The van der Waals surface area contributed by atoms with Gasteiger partial charge in [-0.1, -0.05) is 142 Å². The molecule has 6 heteroatoms. The summed E-state index contributed by atoms with van der Waals surface area (Å²) in [6.45, 7) is 17.6. The van der Waals surface area contributed by atoms with Crippen LogP contribution in [0.2, 0.25) is 0 Å². The van der Waals surface area contributed by atoms with Crippen LogP contribution in [0.4, 0.5) is 0 Å². The zero-order valence-corrected chi connectivity index (χ0v) is 41.4. The first kappa shape index (κ1) is 51.8. The summed E-state index contributed by atoms with van der Waals surface area (Å²) in [5, 5.41) is 0. The van der Waals surface area contributed by atoms with Crippen molar-refractivity contribution in [1.82, 2.24) is 4.90 Å². The Bertz CT molecular complexity index is 1270. The SMILES string of the molecule is CCCCCCCC/C=C\CCCCCCCCOCC(CN1CCCCC1)OCCOC(=O)COC1CCC2(C)C(=CCC3C2CCC2(C)C(CCCCC(C)C)CCC32)C1. The van der Waals surface area contributed by atoms with Crippen molar-refractivity contribution in [3.05, 3.63) is 23.8 Å². The highest BCUT2D eigenvalue weighted by Crippen LogP contribution is 2.67. The van der Waals surface area contributed by atoms with Crippen molar-refractivity contribution in [3.63, 3.8) is 0 Å². The van der Waals surface area contributed by atoms with Crippen LogP contribution in [0.3, 0.4) is 0 Å². The number of piperidine rings is 1. The van der Waals surface area contributed by atoms with Crippen molar-refractivity contribution in [2.45, 2.75) is 233 Å². The summed E-state index contributed by atoms with van der Waals surface area (Å²) >= 11 is 0. The van der Waals surface area contributed by atoms with Gasteiger partial charge in [0, 0.05) is 13.2 Å². The van der Waals surface area contributed by atoms with Gasteiger partial charge in [0.25, 0.3) is 0 Å². The van der Waals surface area contributed by atoms with Gasteiger partial charge in [-0.25, -0.2) is 4.79 Å². The molecule has 8 atom stereocenters. The van der Waals surface area contributed by atoms with Crippen LogP contribution in [-0.2, 0) is 23.7 Å². The maximum atomic E-state index is 12.9. The number of carbonyl (C=O) groups is 1. The molecule has 1 saturated heterocycles. The number of carbonyl (C=O) groups excluding carboxylic acids is 1. The van der Waals surface area contributed by atoms with Crippen LogP contribution in [0.25, 0.3) is 0 Å². The van der Waals surface area contributed by atoms with Gasteiger partial charge < -0.3 is 23.8 Å². The first-order valence-electron chi connectivity index (χ1n) is 27.3. The molecule has 62 heavy (non-hydrogen) atoms. The molecule has 0 aromatic heterocycles. The quantitative estimate of drug-likeness (QED) is 0.0381. The van der Waals surface area contributed by atoms with Crippen LogP contribution in [-0.4, -0.2) is 75.7 Å². The molecule has 3 saturated carbocycles. The van der Waals surface area contributed by atoms with E-state index < -0.39 is 0 Å². The fraction of sp³-hybridized carbons (Fsp3) is 0.911. The molecule has 8 unspecified atom stereocenters. The average Bonchev–Trinajstić information content (AvgIpc) is 3.61. The third kappa shape index (κ3) is 16.9. The second-order valence-corrected chi connectivity index (χ2v) is 22.0. The summed E-state index contributed by atoms with van der Waals surface area (Å²) in [4.78, 5) is 15.4. The van der Waals surface area contributed by atoms with Gasteiger partial charge in [-0.15, -0.1) is 0 Å². The number of hydrogen-bond acceptors (Lipinski definition) is 6. The largest absolute Gasteiger partial charge is 0.462 e. The van der Waals surface area contributed by atoms with Crippen LogP contribution in [0.15, 0.2) is 23.8 Å². The van der Waals surface area contributed by atoms with E-state index in [1.165, 1.54) is 167 Å². The van der Waals surface area contributed by atoms with Gasteiger partial charge in [-0.2, -0.15) is 0 Å². The maximum absolute atomic E-state index is 12.9. The van der Waals surface area contributed by atoms with Gasteiger partial charge >= 0.3 is 5.97 Å². The molecular formula is C56H99NO5. The molecule has 0 radical (unpaired) electrons. The summed E-state index contributed by atoms with van der Waals surface area (Å²) in [6.07, 6.45) is 45.8. The van der Waals surface area contributed by atoms with Gasteiger partial charge in [0.15, 0.2) is 0 Å². The van der Waals surface area contributed by atoms with Gasteiger partial charge in [0.2, 0.25) is 0 Å². The van der Waals surface area contributed by atoms with Crippen molar-refractivity contribution in [2.24, 2.45) is 40.4 Å². The number of unbranched alkanes of at least 4 members (excludes halogenated alkanes) is 13. The Morgan fingerprint density at radius 2 is 1.52 bits per heavy atom. The first-order valence-corrected chi connectivity index (χ1v) is 27.3. The van der Waals surface area contributed by atoms with E-state index in [4.69, 9.17) is 18.9 Å². The Kier molecular flexibility index (Phi) is 24.0. The molecular weight excluding hydrogens is 767 g/mol. The molecule has 0 bridgehead atoms. The smallest absolute Gasteiger partial charge is 0.332 e. The minimum Gasteiger partial charge on any atom is -0.462 e. The van der Waals surface area contributed by atoms with Gasteiger partial charge in [0.1, 0.15) is 13.2 Å². The van der Waals surface area contributed by atoms with E-state index >= 15 is 0 Å². The molecule has 0 spiro atoms. The molecule has 4 fully saturated rings. The third-order valence-electron chi connectivity index (χ3n) is 17.0. The molecule has 0 N–H and O–H groups in total. The van der Waals surface area contributed by atoms with Crippen molar-refractivity contribution >= 4 is 5.97 Å². The molecule has 0 aromatic carbocycles. The van der Waals surface area contributed by atoms with E-state index in [9.17, 15) is 4.79 Å². The van der Waals surface area contributed by atoms with Crippen LogP contribution >= 0.6 is 0 Å². The molecule has 5 aliphatic rings. The molecule has 4 aliphatic carbocycles. The lowest BCUT2D eigenvalue weighted by Crippen LogP contribution is -2.50. The average molecular weight is 866 g/mol. The summed E-state index contributed by atoms with van der Waals surface area (Å²) in [7, 11) is 0. The number of allylic oxidation sites excluding steroid dienone is 3. The van der Waals surface area contributed by atoms with Crippen molar-refractivity contribution in [2.75, 3.05) is 52.7 Å². The maximum Gasteiger partial charge on any atom is 0.332 e. The summed E-state index contributed by atoms with van der Waals surface area (Å²) in [5.41, 5.74) is 2.48. The van der Waals surface area contributed by atoms with Crippen LogP contribution in [0.5, 0.6) is 0 Å². The van der Waals surface area contributed by atoms with E-state index in [-0.39, 0.29) is 31.4 Å². The zero-order valence-electron chi connectivity index (χ0n) is 41.4. The molecule has 0 amide bonds. The Hall–Kier alpha value is -1.21. The number of ether oxygens (including phenoxy) is 4. The topological polar surface area (TPSA) is 57.2 Å². The lowest BCUT2D eigenvalue weighted by atomic mass is 9.47. The Labute approximate surface area is 383 Å². The minimum atomic E-state index is -0.269. The molecule has 358 valence electrons. The van der Waals surface area contributed by atoms with Crippen LogP contribution in [0.1, 0.15) is 221 Å². The summed E-state index contributed by atoms with van der Waals surface area (Å²) < 4.78 is 24.4. The second-order valence-electron chi connectivity index (χ2n) is 22.0. The fourth-order valence-electron chi connectivity index (χ4n) is 13.1. The summed E-state index contributed by atoms with van der Waals surface area (Å²) in [5.74, 6) is 4.07.